The Morgan fingerprint density at radius 1 is 1.11 bits per heavy atom. The van der Waals surface area contributed by atoms with Gasteiger partial charge in [-0.25, -0.2) is 13.8 Å². The zero-order chi connectivity index (χ0) is 26.3. The van der Waals surface area contributed by atoms with Gasteiger partial charge in [-0.05, 0) is 54.0 Å². The predicted molar refractivity (Wildman–Crippen MR) is 121 cm³/mol. The molecular weight excluding hydrogens is 485 g/mol. The number of benzene rings is 1. The van der Waals surface area contributed by atoms with Gasteiger partial charge in [-0.3, -0.25) is 4.79 Å². The van der Waals surface area contributed by atoms with Crippen LogP contribution in [0.15, 0.2) is 36.2 Å². The van der Waals surface area contributed by atoms with E-state index in [1.165, 1.54) is 12.1 Å². The number of alkyl halides is 5. The Labute approximate surface area is 204 Å². The number of halogens is 5. The standard InChI is InChI=1S/C26H26F5NO4/c1-3-15-4-5-17(36-23-19(26(29,30)31)10-16(14-32-23)24(2,27)28)11-18(15)22-20(33)12-25(13-21(22)34)6-8-35-9-7-25/h4-5,10-11,14,33H,3,6-9,12-13H2,1-2H3. The van der Waals surface area contributed by atoms with Crippen molar-refractivity contribution in [2.45, 2.75) is 58.1 Å². The molecule has 0 unspecified atom stereocenters. The van der Waals surface area contributed by atoms with Gasteiger partial charge in [0.2, 0.25) is 5.88 Å². The number of carbonyl (C=O) groups is 1. The molecule has 1 saturated heterocycles. The average Bonchev–Trinajstić information content (AvgIpc) is 2.78. The molecule has 0 saturated carbocycles. The first-order valence-electron chi connectivity index (χ1n) is 11.6. The van der Waals surface area contributed by atoms with E-state index >= 15 is 0 Å². The summed E-state index contributed by atoms with van der Waals surface area (Å²) in [5.74, 6) is -4.80. The van der Waals surface area contributed by atoms with Gasteiger partial charge in [0.1, 0.15) is 17.1 Å². The van der Waals surface area contributed by atoms with Crippen LogP contribution in [0.2, 0.25) is 0 Å². The molecule has 4 rings (SSSR count). The number of aromatic nitrogens is 1. The lowest BCUT2D eigenvalue weighted by Gasteiger charge is -2.39. The zero-order valence-electron chi connectivity index (χ0n) is 19.8. The summed E-state index contributed by atoms with van der Waals surface area (Å²) in [4.78, 5) is 16.7. The molecule has 2 heterocycles. The lowest BCUT2D eigenvalue weighted by atomic mass is 9.67. The van der Waals surface area contributed by atoms with Crippen molar-refractivity contribution in [2.75, 3.05) is 13.2 Å². The first-order chi connectivity index (χ1) is 16.8. The molecule has 0 radical (unpaired) electrons. The first-order valence-corrected chi connectivity index (χ1v) is 11.6. The van der Waals surface area contributed by atoms with Gasteiger partial charge in [-0.1, -0.05) is 13.0 Å². The Kier molecular flexibility index (Phi) is 6.85. The van der Waals surface area contributed by atoms with Gasteiger partial charge in [0.25, 0.3) is 5.92 Å². The van der Waals surface area contributed by atoms with Crippen molar-refractivity contribution >= 4 is 11.4 Å². The van der Waals surface area contributed by atoms with Gasteiger partial charge in [0.05, 0.1) is 5.57 Å². The molecule has 1 aliphatic heterocycles. The fourth-order valence-corrected chi connectivity index (χ4v) is 4.81. The highest BCUT2D eigenvalue weighted by Crippen LogP contribution is 2.47. The molecule has 10 heteroatoms. The van der Waals surface area contributed by atoms with Crippen LogP contribution >= 0.6 is 0 Å². The SMILES string of the molecule is CCc1ccc(Oc2ncc(C(C)(F)F)cc2C(F)(F)F)cc1C1=C(O)CC2(CCOCC2)CC1=O. The average molecular weight is 511 g/mol. The topological polar surface area (TPSA) is 68.7 Å². The summed E-state index contributed by atoms with van der Waals surface area (Å²) in [6.07, 6.45) is -2.02. The van der Waals surface area contributed by atoms with Crippen molar-refractivity contribution in [3.63, 3.8) is 0 Å². The number of hydrogen-bond acceptors (Lipinski definition) is 5. The Hall–Kier alpha value is -3.01. The molecule has 2 aliphatic rings. The summed E-state index contributed by atoms with van der Waals surface area (Å²) in [5, 5.41) is 10.9. The number of nitrogens with zero attached hydrogens (tertiary/aromatic N) is 1. The third kappa shape index (κ3) is 5.23. The van der Waals surface area contributed by atoms with Crippen molar-refractivity contribution < 1.29 is 41.3 Å². The lowest BCUT2D eigenvalue weighted by molar-refractivity contribution is -0.139. The molecule has 1 aromatic heterocycles. The third-order valence-electron chi connectivity index (χ3n) is 6.81. The van der Waals surface area contributed by atoms with Crippen LogP contribution in [0.5, 0.6) is 11.6 Å². The number of aliphatic hydroxyl groups is 1. The number of allylic oxidation sites excluding steroid dienone is 2. The van der Waals surface area contributed by atoms with Crippen LogP contribution in [-0.2, 0) is 28.1 Å². The number of aryl methyl sites for hydroxylation is 1. The number of hydrogen-bond donors (Lipinski definition) is 1. The summed E-state index contributed by atoms with van der Waals surface area (Å²) < 4.78 is 78.9. The second-order valence-corrected chi connectivity index (χ2v) is 9.45. The molecule has 194 valence electrons. The Morgan fingerprint density at radius 3 is 2.39 bits per heavy atom. The van der Waals surface area contributed by atoms with Crippen LogP contribution in [-0.4, -0.2) is 29.1 Å². The second kappa shape index (κ2) is 9.46. The molecular formula is C26H26F5NO4. The summed E-state index contributed by atoms with van der Waals surface area (Å²) in [5.41, 5.74) is -1.51. The van der Waals surface area contributed by atoms with Gasteiger partial charge in [0, 0.05) is 44.7 Å². The van der Waals surface area contributed by atoms with E-state index in [2.05, 4.69) is 4.98 Å². The number of ether oxygens (including phenoxy) is 2. The quantitative estimate of drug-likeness (QED) is 0.438. The van der Waals surface area contributed by atoms with Crippen LogP contribution in [0.3, 0.4) is 0 Å². The van der Waals surface area contributed by atoms with E-state index < -0.39 is 29.1 Å². The van der Waals surface area contributed by atoms with Gasteiger partial charge in [0.15, 0.2) is 5.78 Å². The van der Waals surface area contributed by atoms with E-state index in [0.29, 0.717) is 69.2 Å². The smallest absolute Gasteiger partial charge is 0.421 e. The van der Waals surface area contributed by atoms with Crippen molar-refractivity contribution in [3.05, 3.63) is 58.5 Å². The molecule has 36 heavy (non-hydrogen) atoms. The van der Waals surface area contributed by atoms with Crippen molar-refractivity contribution in [2.24, 2.45) is 5.41 Å². The Bertz CT molecular complexity index is 1190. The predicted octanol–water partition coefficient (Wildman–Crippen LogP) is 7.00. The monoisotopic (exact) mass is 511 g/mol. The molecule has 1 aromatic carbocycles. The summed E-state index contributed by atoms with van der Waals surface area (Å²) >= 11 is 0. The van der Waals surface area contributed by atoms with E-state index in [9.17, 15) is 31.9 Å². The number of Topliss-reactive ketones (excluding diaryl/α,β-unsaturated/α-hetero) is 1. The number of aliphatic hydroxyl groups excluding tert-OH is 1. The fraction of sp³-hybridized carbons (Fsp3) is 0.462. The highest BCUT2D eigenvalue weighted by Gasteiger charge is 2.42. The van der Waals surface area contributed by atoms with Crippen LogP contribution in [0.25, 0.3) is 5.57 Å². The zero-order valence-corrected chi connectivity index (χ0v) is 19.8. The molecule has 0 amide bonds. The second-order valence-electron chi connectivity index (χ2n) is 9.45. The highest BCUT2D eigenvalue weighted by molar-refractivity contribution is 6.22. The van der Waals surface area contributed by atoms with E-state index in [0.717, 1.165) is 0 Å². The maximum Gasteiger partial charge on any atom is 0.421 e. The molecule has 1 N–H and O–H groups in total. The molecule has 0 atom stereocenters. The van der Waals surface area contributed by atoms with Gasteiger partial charge in [-0.15, -0.1) is 0 Å². The van der Waals surface area contributed by atoms with Gasteiger partial charge >= 0.3 is 6.18 Å². The number of ketones is 1. The van der Waals surface area contributed by atoms with E-state index in [-0.39, 0.29) is 34.7 Å². The van der Waals surface area contributed by atoms with Crippen LogP contribution in [0, 0.1) is 5.41 Å². The van der Waals surface area contributed by atoms with Gasteiger partial charge < -0.3 is 14.6 Å². The molecule has 5 nitrogen and oxygen atoms in total. The number of rotatable bonds is 5. The molecule has 1 spiro atoms. The minimum atomic E-state index is -4.99. The van der Waals surface area contributed by atoms with Crippen molar-refractivity contribution in [1.82, 2.24) is 4.98 Å². The molecule has 2 aromatic rings. The maximum atomic E-state index is 13.6. The minimum Gasteiger partial charge on any atom is -0.512 e. The van der Waals surface area contributed by atoms with Crippen LogP contribution in [0.4, 0.5) is 22.0 Å². The fourth-order valence-electron chi connectivity index (χ4n) is 4.81. The van der Waals surface area contributed by atoms with E-state index in [1.54, 1.807) is 6.07 Å². The van der Waals surface area contributed by atoms with Crippen molar-refractivity contribution in [1.29, 1.82) is 0 Å². The normalized spacial score (nSPS) is 18.6. The lowest BCUT2D eigenvalue weighted by Crippen LogP contribution is -2.36. The van der Waals surface area contributed by atoms with E-state index in [1.807, 2.05) is 6.92 Å². The largest absolute Gasteiger partial charge is 0.512 e. The molecule has 0 bridgehead atoms. The first kappa shape index (κ1) is 26.1. The number of pyridine rings is 1. The summed E-state index contributed by atoms with van der Waals surface area (Å²) in [6, 6.07) is 4.71. The number of carbonyl (C=O) groups excluding carboxylic acids is 1. The Balaban J connectivity index is 1.73. The molecule has 1 fully saturated rings. The summed E-state index contributed by atoms with van der Waals surface area (Å²) in [7, 11) is 0. The van der Waals surface area contributed by atoms with Crippen LogP contribution in [0.1, 0.15) is 61.8 Å². The Morgan fingerprint density at radius 2 is 1.81 bits per heavy atom. The molecule has 1 aliphatic carbocycles. The van der Waals surface area contributed by atoms with Crippen LogP contribution < -0.4 is 4.74 Å². The maximum absolute atomic E-state index is 13.6. The van der Waals surface area contributed by atoms with Gasteiger partial charge in [-0.2, -0.15) is 13.2 Å². The third-order valence-corrected chi connectivity index (χ3v) is 6.81. The summed E-state index contributed by atoms with van der Waals surface area (Å²) in [6.45, 7) is 3.34. The minimum absolute atomic E-state index is 0.0661. The highest BCUT2D eigenvalue weighted by atomic mass is 19.4. The van der Waals surface area contributed by atoms with E-state index in [4.69, 9.17) is 9.47 Å². The van der Waals surface area contributed by atoms with Crippen molar-refractivity contribution in [3.8, 4) is 11.6 Å².